The number of halogens is 4. The molecule has 0 radical (unpaired) electrons. The van der Waals surface area contributed by atoms with Crippen LogP contribution in [0.15, 0.2) is 22.7 Å². The number of nitrogens with one attached hydrogen (secondary N) is 2. The molecule has 0 spiro atoms. The Morgan fingerprint density at radius 1 is 1.19 bits per heavy atom. The first-order valence-electron chi connectivity index (χ1n) is 6.35. The Kier molecular flexibility index (Phi) is 5.30. The standard InChI is InChI=1S/C14H18BrF3N2O/c1-8(12(21)20-13(2,3)4)19-11-6-9(14(16,17)18)5-10(15)7-11/h5-8,19H,1-4H3,(H,20,21). The van der Waals surface area contributed by atoms with Gasteiger partial charge >= 0.3 is 6.18 Å². The van der Waals surface area contributed by atoms with E-state index < -0.39 is 23.3 Å². The number of anilines is 1. The summed E-state index contributed by atoms with van der Waals surface area (Å²) >= 11 is 3.04. The molecule has 118 valence electrons. The van der Waals surface area contributed by atoms with Gasteiger partial charge in [-0.3, -0.25) is 4.79 Å². The molecule has 0 saturated carbocycles. The summed E-state index contributed by atoms with van der Waals surface area (Å²) in [6.07, 6.45) is -4.43. The summed E-state index contributed by atoms with van der Waals surface area (Å²) in [6.45, 7) is 7.09. The number of amides is 1. The number of carbonyl (C=O) groups is 1. The molecule has 0 aliphatic carbocycles. The summed E-state index contributed by atoms with van der Waals surface area (Å²) in [5, 5.41) is 5.54. The molecule has 0 heterocycles. The average molecular weight is 367 g/mol. The molecule has 1 amide bonds. The summed E-state index contributed by atoms with van der Waals surface area (Å²) in [6, 6.07) is 2.81. The zero-order valence-electron chi connectivity index (χ0n) is 12.2. The Morgan fingerprint density at radius 3 is 2.24 bits per heavy atom. The number of alkyl halides is 3. The van der Waals surface area contributed by atoms with E-state index >= 15 is 0 Å². The van der Waals surface area contributed by atoms with Gasteiger partial charge in [0.2, 0.25) is 5.91 Å². The largest absolute Gasteiger partial charge is 0.416 e. The Balaban J connectivity index is 2.88. The van der Waals surface area contributed by atoms with Crippen molar-refractivity contribution in [2.45, 2.75) is 45.5 Å². The van der Waals surface area contributed by atoms with Crippen molar-refractivity contribution in [2.75, 3.05) is 5.32 Å². The topological polar surface area (TPSA) is 41.1 Å². The van der Waals surface area contributed by atoms with Crippen molar-refractivity contribution in [3.63, 3.8) is 0 Å². The second-order valence-electron chi connectivity index (χ2n) is 5.83. The maximum atomic E-state index is 12.7. The molecule has 0 aromatic heterocycles. The van der Waals surface area contributed by atoms with Crippen molar-refractivity contribution in [3.8, 4) is 0 Å². The van der Waals surface area contributed by atoms with Gasteiger partial charge < -0.3 is 10.6 Å². The van der Waals surface area contributed by atoms with E-state index in [-0.39, 0.29) is 11.6 Å². The SMILES string of the molecule is CC(Nc1cc(Br)cc(C(F)(F)F)c1)C(=O)NC(C)(C)C. The molecule has 1 atom stereocenters. The van der Waals surface area contributed by atoms with Crippen LogP contribution in [0.2, 0.25) is 0 Å². The molecule has 2 N–H and O–H groups in total. The molecule has 1 aromatic rings. The van der Waals surface area contributed by atoms with Gasteiger partial charge in [0.05, 0.1) is 5.56 Å². The molecule has 1 rings (SSSR count). The lowest BCUT2D eigenvalue weighted by molar-refractivity contribution is -0.137. The molecule has 0 aliphatic heterocycles. The van der Waals surface area contributed by atoms with Gasteiger partial charge in [-0.15, -0.1) is 0 Å². The lowest BCUT2D eigenvalue weighted by Gasteiger charge is -2.24. The molecule has 1 unspecified atom stereocenters. The lowest BCUT2D eigenvalue weighted by atomic mass is 10.1. The number of benzene rings is 1. The average Bonchev–Trinajstić information content (AvgIpc) is 2.24. The van der Waals surface area contributed by atoms with Gasteiger partial charge in [0.1, 0.15) is 6.04 Å². The summed E-state index contributed by atoms with van der Waals surface area (Å²) in [7, 11) is 0. The van der Waals surface area contributed by atoms with E-state index in [4.69, 9.17) is 0 Å². The van der Waals surface area contributed by atoms with Crippen LogP contribution < -0.4 is 10.6 Å². The van der Waals surface area contributed by atoms with Crippen molar-refractivity contribution in [1.82, 2.24) is 5.32 Å². The summed E-state index contributed by atoms with van der Waals surface area (Å²) in [5.41, 5.74) is -0.947. The lowest BCUT2D eigenvalue weighted by Crippen LogP contribution is -2.47. The van der Waals surface area contributed by atoms with E-state index in [9.17, 15) is 18.0 Å². The minimum atomic E-state index is -4.43. The van der Waals surface area contributed by atoms with E-state index in [1.165, 1.54) is 6.07 Å². The van der Waals surface area contributed by atoms with Crippen LogP contribution in [0.1, 0.15) is 33.3 Å². The fraction of sp³-hybridized carbons (Fsp3) is 0.500. The second-order valence-corrected chi connectivity index (χ2v) is 6.75. The van der Waals surface area contributed by atoms with Gasteiger partial charge in [0.15, 0.2) is 0 Å². The molecule has 7 heteroatoms. The molecule has 0 saturated heterocycles. The maximum Gasteiger partial charge on any atom is 0.416 e. The van der Waals surface area contributed by atoms with Crippen LogP contribution in [0.3, 0.4) is 0 Å². The number of carbonyl (C=O) groups excluding carboxylic acids is 1. The van der Waals surface area contributed by atoms with Gasteiger partial charge in [0.25, 0.3) is 0 Å². The highest BCUT2D eigenvalue weighted by Gasteiger charge is 2.31. The van der Waals surface area contributed by atoms with E-state index in [1.54, 1.807) is 6.92 Å². The van der Waals surface area contributed by atoms with Gasteiger partial charge in [-0.25, -0.2) is 0 Å². The number of hydrogen-bond donors (Lipinski definition) is 2. The maximum absolute atomic E-state index is 12.7. The first kappa shape index (κ1) is 17.8. The molecule has 3 nitrogen and oxygen atoms in total. The quantitative estimate of drug-likeness (QED) is 0.842. The summed E-state index contributed by atoms with van der Waals surface area (Å²) in [5.74, 6) is -0.281. The summed E-state index contributed by atoms with van der Waals surface area (Å²) in [4.78, 5) is 11.9. The Bertz CT molecular complexity index is 524. The minimum absolute atomic E-state index is 0.230. The zero-order chi connectivity index (χ0) is 16.4. The van der Waals surface area contributed by atoms with Crippen molar-refractivity contribution in [1.29, 1.82) is 0 Å². The third-order valence-corrected chi connectivity index (χ3v) is 2.96. The van der Waals surface area contributed by atoms with Crippen LogP contribution in [0.4, 0.5) is 18.9 Å². The minimum Gasteiger partial charge on any atom is -0.374 e. The van der Waals surface area contributed by atoms with Crippen molar-refractivity contribution in [3.05, 3.63) is 28.2 Å². The van der Waals surface area contributed by atoms with Crippen molar-refractivity contribution < 1.29 is 18.0 Å². The highest BCUT2D eigenvalue weighted by Crippen LogP contribution is 2.33. The van der Waals surface area contributed by atoms with Crippen LogP contribution >= 0.6 is 15.9 Å². The Morgan fingerprint density at radius 2 is 1.76 bits per heavy atom. The second kappa shape index (κ2) is 6.25. The van der Waals surface area contributed by atoms with Gasteiger partial charge in [-0.1, -0.05) is 15.9 Å². The van der Waals surface area contributed by atoms with E-state index in [0.29, 0.717) is 4.47 Å². The third kappa shape index (κ3) is 5.95. The number of rotatable bonds is 3. The van der Waals surface area contributed by atoms with Crippen LogP contribution in [0.25, 0.3) is 0 Å². The normalized spacial score (nSPS) is 13.7. The van der Waals surface area contributed by atoms with E-state index in [1.807, 2.05) is 20.8 Å². The monoisotopic (exact) mass is 366 g/mol. The van der Waals surface area contributed by atoms with E-state index in [0.717, 1.165) is 12.1 Å². The first-order valence-corrected chi connectivity index (χ1v) is 7.14. The molecule has 0 aliphatic rings. The molecular weight excluding hydrogens is 349 g/mol. The molecule has 1 aromatic carbocycles. The predicted octanol–water partition coefficient (Wildman–Crippen LogP) is 4.18. The number of hydrogen-bond acceptors (Lipinski definition) is 2. The molecular formula is C14H18BrF3N2O. The van der Waals surface area contributed by atoms with Crippen LogP contribution in [0, 0.1) is 0 Å². The van der Waals surface area contributed by atoms with Gasteiger partial charge in [-0.2, -0.15) is 13.2 Å². The smallest absolute Gasteiger partial charge is 0.374 e. The molecule has 21 heavy (non-hydrogen) atoms. The van der Waals surface area contributed by atoms with Crippen LogP contribution in [0.5, 0.6) is 0 Å². The highest BCUT2D eigenvalue weighted by molar-refractivity contribution is 9.10. The molecule has 0 bridgehead atoms. The van der Waals surface area contributed by atoms with Crippen LogP contribution in [-0.4, -0.2) is 17.5 Å². The van der Waals surface area contributed by atoms with Crippen molar-refractivity contribution in [2.24, 2.45) is 0 Å². The Labute approximate surface area is 130 Å². The van der Waals surface area contributed by atoms with Gasteiger partial charge in [0, 0.05) is 15.7 Å². The fourth-order valence-electron chi connectivity index (χ4n) is 1.63. The van der Waals surface area contributed by atoms with Crippen LogP contribution in [-0.2, 0) is 11.0 Å². The van der Waals surface area contributed by atoms with Gasteiger partial charge in [-0.05, 0) is 45.9 Å². The first-order chi connectivity index (χ1) is 9.38. The fourth-order valence-corrected chi connectivity index (χ4v) is 2.12. The Hall–Kier alpha value is -1.24. The summed E-state index contributed by atoms with van der Waals surface area (Å²) < 4.78 is 38.5. The zero-order valence-corrected chi connectivity index (χ0v) is 13.8. The predicted molar refractivity (Wildman–Crippen MR) is 80.1 cm³/mol. The third-order valence-electron chi connectivity index (χ3n) is 2.50. The molecule has 0 fully saturated rings. The van der Waals surface area contributed by atoms with E-state index in [2.05, 4.69) is 26.6 Å². The highest BCUT2D eigenvalue weighted by atomic mass is 79.9. The van der Waals surface area contributed by atoms with Crippen molar-refractivity contribution >= 4 is 27.5 Å².